The van der Waals surface area contributed by atoms with Gasteiger partial charge in [0.05, 0.1) is 17.3 Å². The van der Waals surface area contributed by atoms with Gasteiger partial charge in [-0.05, 0) is 26.3 Å². The van der Waals surface area contributed by atoms with Gasteiger partial charge in [0, 0.05) is 23.9 Å². The van der Waals surface area contributed by atoms with E-state index in [9.17, 15) is 8.42 Å². The molecular weight excluding hydrogens is 350 g/mol. The van der Waals surface area contributed by atoms with Crippen molar-refractivity contribution in [3.05, 3.63) is 30.1 Å². The van der Waals surface area contributed by atoms with E-state index in [1.807, 2.05) is 38.1 Å². The highest BCUT2D eigenvalue weighted by Crippen LogP contribution is 2.30. The summed E-state index contributed by atoms with van der Waals surface area (Å²) in [6.07, 6.45) is 2.87. The molecule has 0 fully saturated rings. The molecule has 0 bridgehead atoms. The average Bonchev–Trinajstić information content (AvgIpc) is 2.84. The van der Waals surface area contributed by atoms with Gasteiger partial charge in [-0.1, -0.05) is 25.1 Å². The number of nitrogens with zero attached hydrogens (tertiary/aromatic N) is 3. The van der Waals surface area contributed by atoms with Gasteiger partial charge in [0.25, 0.3) is 0 Å². The summed E-state index contributed by atoms with van der Waals surface area (Å²) in [6, 6.07) is 7.79. The van der Waals surface area contributed by atoms with Gasteiger partial charge >= 0.3 is 0 Å². The molecule has 0 aliphatic carbocycles. The van der Waals surface area contributed by atoms with Crippen molar-refractivity contribution < 1.29 is 8.42 Å². The van der Waals surface area contributed by atoms with Crippen molar-refractivity contribution in [2.45, 2.75) is 45.7 Å². The van der Waals surface area contributed by atoms with Crippen molar-refractivity contribution in [3.8, 4) is 0 Å². The van der Waals surface area contributed by atoms with Crippen LogP contribution in [0.5, 0.6) is 0 Å². The van der Waals surface area contributed by atoms with Gasteiger partial charge in [-0.25, -0.2) is 23.1 Å². The molecule has 1 aromatic carbocycles. The second-order valence-corrected chi connectivity index (χ2v) is 9.08. The molecule has 3 aromatic rings. The third kappa shape index (κ3) is 3.66. The molecule has 3 N–H and O–H groups in total. The zero-order valence-corrected chi connectivity index (χ0v) is 16.4. The van der Waals surface area contributed by atoms with Crippen LogP contribution < -0.4 is 10.5 Å². The van der Waals surface area contributed by atoms with E-state index in [1.165, 1.54) is 6.26 Å². The van der Waals surface area contributed by atoms with Crippen LogP contribution in [0.1, 0.15) is 33.0 Å². The van der Waals surface area contributed by atoms with E-state index in [4.69, 9.17) is 10.7 Å². The van der Waals surface area contributed by atoms with Gasteiger partial charge in [-0.3, -0.25) is 0 Å². The number of aryl methyl sites for hydroxylation is 1. The van der Waals surface area contributed by atoms with E-state index in [-0.39, 0.29) is 0 Å². The van der Waals surface area contributed by atoms with Crippen LogP contribution in [0.4, 0.5) is 5.82 Å². The SMILES string of the molecule is CCCc1nc2c(N)nc3ccccc3c2n1CC(C)(C)NS(C)(=O)=O. The number of pyridine rings is 1. The molecule has 2 heterocycles. The standard InChI is InChI=1S/C18H25N5O2S/c1-5-8-14-21-15-16(12-9-6-7-10-13(12)20-17(15)19)23(14)11-18(2,3)22-26(4,24)25/h6-7,9-10,22H,5,8,11H2,1-4H3,(H2,19,20). The molecule has 26 heavy (non-hydrogen) atoms. The average molecular weight is 375 g/mol. The highest BCUT2D eigenvalue weighted by Gasteiger charge is 2.26. The molecule has 0 saturated carbocycles. The number of nitrogens with one attached hydrogen (secondary N) is 1. The minimum atomic E-state index is -3.33. The normalized spacial score (nSPS) is 12.9. The van der Waals surface area contributed by atoms with Gasteiger partial charge in [-0.2, -0.15) is 0 Å². The molecular formula is C18H25N5O2S. The molecule has 7 nitrogen and oxygen atoms in total. The molecule has 0 aliphatic heterocycles. The topological polar surface area (TPSA) is 103 Å². The lowest BCUT2D eigenvalue weighted by Gasteiger charge is -2.27. The quantitative estimate of drug-likeness (QED) is 0.689. The smallest absolute Gasteiger partial charge is 0.209 e. The van der Waals surface area contributed by atoms with Gasteiger partial charge in [-0.15, -0.1) is 0 Å². The molecule has 0 unspecified atom stereocenters. The first-order valence-corrected chi connectivity index (χ1v) is 10.5. The lowest BCUT2D eigenvalue weighted by molar-refractivity contribution is 0.390. The monoisotopic (exact) mass is 375 g/mol. The Morgan fingerprint density at radius 1 is 1.23 bits per heavy atom. The van der Waals surface area contributed by atoms with Crippen molar-refractivity contribution in [1.29, 1.82) is 0 Å². The first kappa shape index (κ1) is 18.6. The van der Waals surface area contributed by atoms with Gasteiger partial charge in [0.1, 0.15) is 11.3 Å². The Kier molecular flexibility index (Phi) is 4.66. The van der Waals surface area contributed by atoms with E-state index in [1.54, 1.807) is 0 Å². The maximum atomic E-state index is 11.8. The number of imidazole rings is 1. The number of hydrogen-bond donors (Lipinski definition) is 2. The Morgan fingerprint density at radius 2 is 1.92 bits per heavy atom. The highest BCUT2D eigenvalue weighted by atomic mass is 32.2. The Morgan fingerprint density at radius 3 is 2.58 bits per heavy atom. The van der Waals surface area contributed by atoms with Crippen LogP contribution in [-0.4, -0.2) is 34.7 Å². The molecule has 0 spiro atoms. The molecule has 3 rings (SSSR count). The van der Waals surface area contributed by atoms with Crippen LogP contribution in [0.25, 0.3) is 21.9 Å². The summed E-state index contributed by atoms with van der Waals surface area (Å²) in [6.45, 7) is 6.26. The number of nitrogen functional groups attached to an aromatic ring is 1. The lowest BCUT2D eigenvalue weighted by atomic mass is 10.1. The summed E-state index contributed by atoms with van der Waals surface area (Å²) in [5, 5.41) is 0.960. The number of benzene rings is 1. The third-order valence-electron chi connectivity index (χ3n) is 4.18. The van der Waals surface area contributed by atoms with E-state index < -0.39 is 15.6 Å². The summed E-state index contributed by atoms with van der Waals surface area (Å²) in [7, 11) is -3.33. The second kappa shape index (κ2) is 6.51. The Hall–Kier alpha value is -2.19. The number of aromatic nitrogens is 3. The maximum absolute atomic E-state index is 11.8. The summed E-state index contributed by atoms with van der Waals surface area (Å²) >= 11 is 0. The number of nitrogens with two attached hydrogens (primary N) is 1. The zero-order valence-electron chi connectivity index (χ0n) is 15.6. The van der Waals surface area contributed by atoms with Gasteiger partial charge in [0.15, 0.2) is 5.82 Å². The van der Waals surface area contributed by atoms with Crippen molar-refractivity contribution in [2.75, 3.05) is 12.0 Å². The van der Waals surface area contributed by atoms with E-state index in [0.29, 0.717) is 17.9 Å². The number of fused-ring (bicyclic) bond motifs is 3. The highest BCUT2D eigenvalue weighted by molar-refractivity contribution is 7.88. The molecule has 0 amide bonds. The van der Waals surface area contributed by atoms with E-state index in [2.05, 4.69) is 21.2 Å². The first-order valence-electron chi connectivity index (χ1n) is 8.63. The predicted octanol–water partition coefficient (Wildman–Crippen LogP) is 2.45. The molecule has 0 atom stereocenters. The Bertz CT molecular complexity index is 1070. The summed E-state index contributed by atoms with van der Waals surface area (Å²) in [5.74, 6) is 1.28. The maximum Gasteiger partial charge on any atom is 0.209 e. The fraction of sp³-hybridized carbons (Fsp3) is 0.444. The summed E-state index contributed by atoms with van der Waals surface area (Å²) < 4.78 is 28.3. The second-order valence-electron chi connectivity index (χ2n) is 7.33. The van der Waals surface area contributed by atoms with Crippen LogP contribution in [-0.2, 0) is 23.0 Å². The fourth-order valence-electron chi connectivity index (χ4n) is 3.42. The fourth-order valence-corrected chi connectivity index (χ4v) is 4.49. The molecule has 0 aliphatic rings. The number of hydrogen-bond acceptors (Lipinski definition) is 5. The minimum absolute atomic E-state index is 0.392. The zero-order chi connectivity index (χ0) is 19.1. The van der Waals surface area contributed by atoms with Crippen LogP contribution in [0.15, 0.2) is 24.3 Å². The van der Waals surface area contributed by atoms with Crippen LogP contribution in [0.3, 0.4) is 0 Å². The number of para-hydroxylation sites is 1. The van der Waals surface area contributed by atoms with Crippen molar-refractivity contribution >= 4 is 37.8 Å². The summed E-state index contributed by atoms with van der Waals surface area (Å²) in [5.41, 5.74) is 7.86. The number of sulfonamides is 1. The van der Waals surface area contributed by atoms with Crippen molar-refractivity contribution in [1.82, 2.24) is 19.3 Å². The van der Waals surface area contributed by atoms with Gasteiger partial charge in [0.2, 0.25) is 10.0 Å². The van der Waals surface area contributed by atoms with Crippen molar-refractivity contribution in [2.24, 2.45) is 0 Å². The molecule has 2 aromatic heterocycles. The number of rotatable bonds is 6. The largest absolute Gasteiger partial charge is 0.382 e. The van der Waals surface area contributed by atoms with Crippen LogP contribution in [0, 0.1) is 0 Å². The molecule has 140 valence electrons. The molecule has 8 heteroatoms. The minimum Gasteiger partial charge on any atom is -0.382 e. The van der Waals surface area contributed by atoms with Crippen LogP contribution >= 0.6 is 0 Å². The lowest BCUT2D eigenvalue weighted by Crippen LogP contribution is -2.46. The molecule has 0 saturated heterocycles. The van der Waals surface area contributed by atoms with Crippen molar-refractivity contribution in [3.63, 3.8) is 0 Å². The first-order chi connectivity index (χ1) is 12.1. The third-order valence-corrected chi connectivity index (χ3v) is 5.10. The predicted molar refractivity (Wildman–Crippen MR) is 105 cm³/mol. The van der Waals surface area contributed by atoms with E-state index in [0.717, 1.165) is 35.1 Å². The Labute approximate surface area is 153 Å². The Balaban J connectivity index is 2.26. The van der Waals surface area contributed by atoms with Gasteiger partial charge < -0.3 is 10.3 Å². The van der Waals surface area contributed by atoms with E-state index >= 15 is 0 Å². The molecule has 0 radical (unpaired) electrons. The summed E-state index contributed by atoms with van der Waals surface area (Å²) in [4.78, 5) is 9.20. The van der Waals surface area contributed by atoms with Crippen LogP contribution in [0.2, 0.25) is 0 Å². The number of anilines is 1.